The molecule has 1 amide bonds. The Balaban J connectivity index is 1.43. The van der Waals surface area contributed by atoms with Gasteiger partial charge in [-0.2, -0.15) is 0 Å². The lowest BCUT2D eigenvalue weighted by Crippen LogP contribution is -2.32. The fraction of sp³-hybridized carbons (Fsp3) is 0.462. The first-order valence-corrected chi connectivity index (χ1v) is 7.68. The predicted molar refractivity (Wildman–Crippen MR) is 74.7 cm³/mol. The normalized spacial score (nSPS) is 18.0. The minimum Gasteiger partial charge on any atom is -0.459 e. The third-order valence-electron chi connectivity index (χ3n) is 3.02. The Kier molecular flexibility index (Phi) is 4.56. The van der Waals surface area contributed by atoms with E-state index < -0.39 is 0 Å². The van der Waals surface area contributed by atoms with E-state index in [9.17, 15) is 4.79 Å². The van der Waals surface area contributed by atoms with E-state index in [4.69, 9.17) is 13.6 Å². The van der Waals surface area contributed by atoms with Crippen LogP contribution < -0.4 is 5.32 Å². The van der Waals surface area contributed by atoms with Crippen molar-refractivity contribution in [3.63, 3.8) is 0 Å². The highest BCUT2D eigenvalue weighted by molar-refractivity contribution is 7.99. The molecule has 1 atom stereocenters. The van der Waals surface area contributed by atoms with Crippen LogP contribution in [-0.2, 0) is 9.53 Å². The molecule has 0 aromatic carbocycles. The van der Waals surface area contributed by atoms with Crippen LogP contribution in [0, 0.1) is 0 Å². The molecule has 112 valence electrons. The summed E-state index contributed by atoms with van der Waals surface area (Å²) in [5, 5.41) is 10.9. The molecule has 1 N–H and O–H groups in total. The molecule has 1 saturated heterocycles. The van der Waals surface area contributed by atoms with Crippen LogP contribution >= 0.6 is 11.8 Å². The van der Waals surface area contributed by atoms with Gasteiger partial charge in [0.05, 0.1) is 18.1 Å². The molecular weight excluding hydrogens is 294 g/mol. The second kappa shape index (κ2) is 6.77. The van der Waals surface area contributed by atoms with E-state index in [2.05, 4.69) is 15.5 Å². The lowest BCUT2D eigenvalue weighted by molar-refractivity contribution is -0.119. The van der Waals surface area contributed by atoms with Crippen LogP contribution in [0.25, 0.3) is 11.7 Å². The number of nitrogens with one attached hydrogen (secondary N) is 1. The van der Waals surface area contributed by atoms with Gasteiger partial charge < -0.3 is 18.9 Å². The maximum Gasteiger partial charge on any atom is 0.284 e. The van der Waals surface area contributed by atoms with Gasteiger partial charge in [0.15, 0.2) is 5.76 Å². The van der Waals surface area contributed by atoms with Crippen LogP contribution in [0.5, 0.6) is 0 Å². The van der Waals surface area contributed by atoms with Gasteiger partial charge in [0.1, 0.15) is 0 Å². The molecule has 0 bridgehead atoms. The summed E-state index contributed by atoms with van der Waals surface area (Å²) in [5.41, 5.74) is 0. The van der Waals surface area contributed by atoms with Gasteiger partial charge in [-0.05, 0) is 25.0 Å². The number of rotatable bonds is 6. The van der Waals surface area contributed by atoms with Gasteiger partial charge >= 0.3 is 0 Å². The second-order valence-corrected chi connectivity index (χ2v) is 5.50. The topological polar surface area (TPSA) is 90.4 Å². The van der Waals surface area contributed by atoms with Crippen LogP contribution in [0.1, 0.15) is 12.8 Å². The molecule has 0 radical (unpaired) electrons. The van der Waals surface area contributed by atoms with E-state index in [1.165, 1.54) is 18.0 Å². The fourth-order valence-corrected chi connectivity index (χ4v) is 2.57. The summed E-state index contributed by atoms with van der Waals surface area (Å²) in [4.78, 5) is 11.7. The standard InChI is InChI=1S/C13H15N3O4S/c17-11(14-7-9-3-1-5-18-9)8-21-13-16-15-12(20-13)10-4-2-6-19-10/h2,4,6,9H,1,3,5,7-8H2,(H,14,17)/t9-/m0/s1. The van der Waals surface area contributed by atoms with Crippen molar-refractivity contribution < 1.29 is 18.4 Å². The fourth-order valence-electron chi connectivity index (χ4n) is 1.98. The molecule has 0 unspecified atom stereocenters. The Morgan fingerprint density at radius 3 is 3.19 bits per heavy atom. The number of nitrogens with zero attached hydrogens (tertiary/aromatic N) is 2. The first-order valence-electron chi connectivity index (χ1n) is 6.70. The number of ether oxygens (including phenoxy) is 1. The molecule has 21 heavy (non-hydrogen) atoms. The van der Waals surface area contributed by atoms with Gasteiger partial charge in [0, 0.05) is 13.2 Å². The molecule has 1 fully saturated rings. The lowest BCUT2D eigenvalue weighted by atomic mass is 10.2. The molecule has 0 saturated carbocycles. The highest BCUT2D eigenvalue weighted by atomic mass is 32.2. The Morgan fingerprint density at radius 1 is 1.48 bits per heavy atom. The average molecular weight is 309 g/mol. The zero-order chi connectivity index (χ0) is 14.5. The van der Waals surface area contributed by atoms with Crippen molar-refractivity contribution in [2.45, 2.75) is 24.2 Å². The SMILES string of the molecule is O=C(CSc1nnc(-c2ccco2)o1)NC[C@@H]1CCCO1. The molecule has 1 aliphatic rings. The van der Waals surface area contributed by atoms with Gasteiger partial charge in [-0.1, -0.05) is 11.8 Å². The zero-order valence-corrected chi connectivity index (χ0v) is 12.1. The van der Waals surface area contributed by atoms with Crippen molar-refractivity contribution in [2.75, 3.05) is 18.9 Å². The first-order chi connectivity index (χ1) is 10.3. The lowest BCUT2D eigenvalue weighted by Gasteiger charge is -2.09. The van der Waals surface area contributed by atoms with Crippen molar-refractivity contribution in [1.82, 2.24) is 15.5 Å². The predicted octanol–water partition coefficient (Wildman–Crippen LogP) is 1.72. The number of hydrogen-bond donors (Lipinski definition) is 1. The van der Waals surface area contributed by atoms with Gasteiger partial charge in [-0.25, -0.2) is 0 Å². The second-order valence-electron chi connectivity index (χ2n) is 4.58. The minimum absolute atomic E-state index is 0.0757. The van der Waals surface area contributed by atoms with Crippen LogP contribution in [0.15, 0.2) is 32.5 Å². The molecule has 0 aliphatic carbocycles. The third kappa shape index (κ3) is 3.85. The quantitative estimate of drug-likeness (QED) is 0.812. The van der Waals surface area contributed by atoms with Crippen LogP contribution in [0.4, 0.5) is 0 Å². The average Bonchev–Trinajstić information content (AvgIpc) is 3.24. The van der Waals surface area contributed by atoms with Crippen LogP contribution in [0.2, 0.25) is 0 Å². The molecule has 1 aliphatic heterocycles. The first kappa shape index (κ1) is 14.2. The van der Waals surface area contributed by atoms with E-state index in [-0.39, 0.29) is 17.8 Å². The smallest absolute Gasteiger partial charge is 0.284 e. The van der Waals surface area contributed by atoms with E-state index in [1.54, 1.807) is 12.1 Å². The number of furan rings is 1. The molecular formula is C13H15N3O4S. The number of carbonyl (C=O) groups is 1. The van der Waals surface area contributed by atoms with Crippen molar-refractivity contribution in [3.05, 3.63) is 18.4 Å². The Bertz CT molecular complexity index is 578. The number of aromatic nitrogens is 2. The Hall–Kier alpha value is -1.80. The van der Waals surface area contributed by atoms with Gasteiger partial charge in [-0.15, -0.1) is 10.2 Å². The van der Waals surface area contributed by atoms with Crippen LogP contribution in [-0.4, -0.2) is 41.1 Å². The maximum atomic E-state index is 11.7. The summed E-state index contributed by atoms with van der Waals surface area (Å²) < 4.78 is 16.0. The van der Waals surface area contributed by atoms with Gasteiger partial charge in [0.2, 0.25) is 5.91 Å². The van der Waals surface area contributed by atoms with Crippen molar-refractivity contribution >= 4 is 17.7 Å². The third-order valence-corrected chi connectivity index (χ3v) is 3.83. The molecule has 3 heterocycles. The van der Waals surface area contributed by atoms with Gasteiger partial charge in [0.25, 0.3) is 11.1 Å². The number of amides is 1. The van der Waals surface area contributed by atoms with E-state index in [0.29, 0.717) is 23.4 Å². The monoisotopic (exact) mass is 309 g/mol. The number of thioether (sulfide) groups is 1. The Labute approximate surface area is 125 Å². The molecule has 0 spiro atoms. The van der Waals surface area contributed by atoms with Crippen molar-refractivity contribution in [2.24, 2.45) is 0 Å². The molecule has 2 aromatic heterocycles. The highest BCUT2D eigenvalue weighted by Gasteiger charge is 2.17. The van der Waals surface area contributed by atoms with Crippen molar-refractivity contribution in [3.8, 4) is 11.7 Å². The minimum atomic E-state index is -0.0757. The summed E-state index contributed by atoms with van der Waals surface area (Å²) >= 11 is 1.19. The van der Waals surface area contributed by atoms with E-state index >= 15 is 0 Å². The molecule has 7 nitrogen and oxygen atoms in total. The number of carbonyl (C=O) groups excluding carboxylic acids is 1. The van der Waals surface area contributed by atoms with Crippen molar-refractivity contribution in [1.29, 1.82) is 0 Å². The number of hydrogen-bond acceptors (Lipinski definition) is 7. The summed E-state index contributed by atoms with van der Waals surface area (Å²) in [6.45, 7) is 1.34. The van der Waals surface area contributed by atoms with E-state index in [0.717, 1.165) is 19.4 Å². The van der Waals surface area contributed by atoms with Crippen LogP contribution in [0.3, 0.4) is 0 Å². The van der Waals surface area contributed by atoms with Gasteiger partial charge in [-0.3, -0.25) is 4.79 Å². The maximum absolute atomic E-state index is 11.7. The summed E-state index contributed by atoms with van der Waals surface area (Å²) in [7, 11) is 0. The molecule has 3 rings (SSSR count). The zero-order valence-electron chi connectivity index (χ0n) is 11.3. The molecule has 8 heteroatoms. The highest BCUT2D eigenvalue weighted by Crippen LogP contribution is 2.23. The summed E-state index contributed by atoms with van der Waals surface area (Å²) in [5.74, 6) is 0.972. The summed E-state index contributed by atoms with van der Waals surface area (Å²) in [6, 6.07) is 3.47. The largest absolute Gasteiger partial charge is 0.459 e. The summed E-state index contributed by atoms with van der Waals surface area (Å²) in [6.07, 6.45) is 3.74. The Morgan fingerprint density at radius 2 is 2.43 bits per heavy atom. The molecule has 2 aromatic rings. The van der Waals surface area contributed by atoms with E-state index in [1.807, 2.05) is 0 Å².